The average molecular weight is 574 g/mol. The molecule has 0 aliphatic carbocycles. The number of nitrogens with one attached hydrogen (secondary N) is 2. The van der Waals surface area contributed by atoms with Gasteiger partial charge >= 0.3 is 43.2 Å². The van der Waals surface area contributed by atoms with Crippen molar-refractivity contribution in [2.24, 2.45) is 0 Å². The van der Waals surface area contributed by atoms with Crippen molar-refractivity contribution in [1.82, 2.24) is 9.97 Å². The summed E-state index contributed by atoms with van der Waals surface area (Å²) in [7, 11) is 14.9. The first kappa shape index (κ1) is 25.4. The molecule has 6 nitrogen and oxygen atoms in total. The maximum atomic E-state index is 10.5. The number of halogens is 6. The summed E-state index contributed by atoms with van der Waals surface area (Å²) in [4.78, 5) is 28.7. The Balaban J connectivity index is 0.000000401. The number of amides is 2. The van der Waals surface area contributed by atoms with Crippen molar-refractivity contribution in [2.45, 2.75) is 13.8 Å². The predicted molar refractivity (Wildman–Crippen MR) is 119 cm³/mol. The van der Waals surface area contributed by atoms with E-state index in [2.05, 4.69) is 20.6 Å². The van der Waals surface area contributed by atoms with Crippen molar-refractivity contribution in [2.75, 3.05) is 10.6 Å². The number of pyridine rings is 2. The average Bonchev–Trinajstić information content (AvgIpc) is 2.51. The van der Waals surface area contributed by atoms with Gasteiger partial charge in [0.15, 0.2) is 0 Å². The molecule has 12 heteroatoms. The van der Waals surface area contributed by atoms with Gasteiger partial charge in [-0.1, -0.05) is 23.2 Å². The quantitative estimate of drug-likeness (QED) is 0.410. The van der Waals surface area contributed by atoms with Crippen LogP contribution in [0.4, 0.5) is 11.6 Å². The molecule has 0 saturated heterocycles. The molecule has 0 radical (unpaired) electrons. The van der Waals surface area contributed by atoms with Crippen LogP contribution in [0.2, 0.25) is 10.0 Å². The fourth-order valence-electron chi connectivity index (χ4n) is 1.26. The molecule has 0 aromatic carbocycles. The molecule has 0 saturated carbocycles. The molecule has 0 unspecified atom stereocenters. The zero-order valence-corrected chi connectivity index (χ0v) is 19.4. The molecule has 2 aromatic rings. The molecule has 26 heavy (non-hydrogen) atoms. The zero-order valence-electron chi connectivity index (χ0n) is 13.4. The summed E-state index contributed by atoms with van der Waals surface area (Å²) < 4.78 is 0. The maximum absolute atomic E-state index is 10.5. The first-order valence-electron chi connectivity index (χ1n) is 6.58. The van der Waals surface area contributed by atoms with Crippen molar-refractivity contribution in [3.63, 3.8) is 0 Å². The molecule has 0 atom stereocenters. The third-order valence-corrected chi connectivity index (χ3v) is 2.51. The van der Waals surface area contributed by atoms with Crippen LogP contribution in [0.25, 0.3) is 0 Å². The van der Waals surface area contributed by atoms with E-state index in [1.54, 1.807) is 24.3 Å². The van der Waals surface area contributed by atoms with Crippen LogP contribution in [-0.4, -0.2) is 21.8 Å². The minimum absolute atomic E-state index is 0.139. The van der Waals surface area contributed by atoms with Crippen LogP contribution >= 0.6 is 66.4 Å². The van der Waals surface area contributed by atoms with Gasteiger partial charge in [-0.3, -0.25) is 9.59 Å². The van der Waals surface area contributed by atoms with Crippen molar-refractivity contribution in [3.05, 3.63) is 46.7 Å². The predicted octanol–water partition coefficient (Wildman–Crippen LogP) is 6.34. The Hall–Kier alpha value is -0.580. The van der Waals surface area contributed by atoms with E-state index in [1.165, 1.54) is 26.2 Å². The first-order valence-corrected chi connectivity index (χ1v) is 15.5. The minimum atomic E-state index is -1.85. The van der Waals surface area contributed by atoms with E-state index in [9.17, 15) is 9.59 Å². The summed E-state index contributed by atoms with van der Waals surface area (Å²) in [6.07, 6.45) is 2.96. The van der Waals surface area contributed by atoms with E-state index in [-0.39, 0.29) is 11.8 Å². The van der Waals surface area contributed by atoms with Gasteiger partial charge in [-0.2, -0.15) is 0 Å². The van der Waals surface area contributed by atoms with Crippen molar-refractivity contribution < 1.29 is 9.59 Å². The normalized spacial score (nSPS) is 9.58. The summed E-state index contributed by atoms with van der Waals surface area (Å²) in [5.41, 5.74) is 0. The monoisotopic (exact) mass is 572 g/mol. The molecule has 0 bridgehead atoms. The van der Waals surface area contributed by atoms with E-state index in [4.69, 9.17) is 49.9 Å². The SMILES string of the molecule is CC(=O)Nc1ccc(Cl)cn1.CC(=O)Nc1ccc(Cl)cn1.ClI(Cl)Cl. The van der Waals surface area contributed by atoms with E-state index in [0.29, 0.717) is 21.7 Å². The molecule has 0 fully saturated rings. The van der Waals surface area contributed by atoms with Gasteiger partial charge in [0.25, 0.3) is 0 Å². The van der Waals surface area contributed by atoms with Crippen molar-refractivity contribution >= 4 is 89.8 Å². The second kappa shape index (κ2) is 14.5. The Labute approximate surface area is 179 Å². The fraction of sp³-hybridized carbons (Fsp3) is 0.143. The molecule has 0 spiro atoms. The standard InChI is InChI=1S/2C7H7ClN2O.Cl3I/c2*1-5(11)10-7-3-2-6(8)4-9-7;1-4(2)3/h2*2-4H,1H3,(H,9,10,11);. The van der Waals surface area contributed by atoms with Crippen molar-refractivity contribution in [1.29, 1.82) is 0 Å². The number of carbonyl (C=O) groups is 2. The third-order valence-electron chi connectivity index (χ3n) is 2.06. The van der Waals surface area contributed by atoms with Gasteiger partial charge in [-0.15, -0.1) is 0 Å². The van der Waals surface area contributed by atoms with E-state index < -0.39 is 16.4 Å². The first-order chi connectivity index (χ1) is 12.1. The Kier molecular flexibility index (Phi) is 14.2. The summed E-state index contributed by atoms with van der Waals surface area (Å²) in [5.74, 6) is 0.753. The van der Waals surface area contributed by atoms with Gasteiger partial charge in [0.1, 0.15) is 11.6 Å². The molecule has 0 aliphatic heterocycles. The van der Waals surface area contributed by atoms with E-state index in [1.807, 2.05) is 0 Å². The Morgan fingerprint density at radius 1 is 0.808 bits per heavy atom. The second-order valence-corrected chi connectivity index (χ2v) is 14.7. The summed E-state index contributed by atoms with van der Waals surface area (Å²) in [6.45, 7) is 2.85. The van der Waals surface area contributed by atoms with Gasteiger partial charge in [0.05, 0.1) is 10.0 Å². The molecule has 2 rings (SSSR count). The molecule has 2 amide bonds. The van der Waals surface area contributed by atoms with Crippen LogP contribution < -0.4 is 10.6 Å². The zero-order chi connectivity index (χ0) is 20.1. The Bertz CT molecular complexity index is 626. The molecule has 2 heterocycles. The summed E-state index contributed by atoms with van der Waals surface area (Å²) in [6, 6.07) is 6.62. The fourth-order valence-corrected chi connectivity index (χ4v) is 1.48. The van der Waals surface area contributed by atoms with E-state index in [0.717, 1.165) is 0 Å². The number of anilines is 2. The number of hydrogen-bond donors (Lipinski definition) is 2. The number of rotatable bonds is 2. The number of hydrogen-bond acceptors (Lipinski definition) is 4. The summed E-state index contributed by atoms with van der Waals surface area (Å²) >= 11 is 9.30. The second-order valence-electron chi connectivity index (χ2n) is 4.25. The number of aromatic nitrogens is 2. The molecule has 0 aliphatic rings. The van der Waals surface area contributed by atoms with Crippen molar-refractivity contribution in [3.8, 4) is 0 Å². The van der Waals surface area contributed by atoms with Gasteiger partial charge < -0.3 is 10.6 Å². The summed E-state index contributed by atoms with van der Waals surface area (Å²) in [5, 5.41) is 6.16. The Morgan fingerprint density at radius 3 is 1.31 bits per heavy atom. The van der Waals surface area contributed by atoms with Gasteiger partial charge in [-0.25, -0.2) is 9.97 Å². The molecule has 2 N–H and O–H groups in total. The van der Waals surface area contributed by atoms with Crippen LogP contribution in [0.3, 0.4) is 0 Å². The topological polar surface area (TPSA) is 84.0 Å². The van der Waals surface area contributed by atoms with Gasteiger partial charge in [-0.05, 0) is 24.3 Å². The van der Waals surface area contributed by atoms with Gasteiger partial charge in [0, 0.05) is 26.2 Å². The van der Waals surface area contributed by atoms with Crippen LogP contribution in [0.5, 0.6) is 0 Å². The number of nitrogens with zero attached hydrogens (tertiary/aromatic N) is 2. The molecular weight excluding hydrogens is 560 g/mol. The van der Waals surface area contributed by atoms with Crippen LogP contribution in [0.15, 0.2) is 36.7 Å². The molecular formula is C14H14Cl5IN4O2. The van der Waals surface area contributed by atoms with Gasteiger partial charge in [0.2, 0.25) is 11.8 Å². The van der Waals surface area contributed by atoms with Crippen LogP contribution in [0.1, 0.15) is 13.8 Å². The third kappa shape index (κ3) is 15.7. The van der Waals surface area contributed by atoms with Crippen LogP contribution in [-0.2, 0) is 9.59 Å². The number of carbonyl (C=O) groups excluding carboxylic acids is 2. The Morgan fingerprint density at radius 2 is 1.12 bits per heavy atom. The molecule has 144 valence electrons. The van der Waals surface area contributed by atoms with Crippen LogP contribution in [0, 0.1) is 0 Å². The molecule has 2 aromatic heterocycles. The van der Waals surface area contributed by atoms with E-state index >= 15 is 0 Å².